The molecular formula is C9H9N2O3. The lowest BCUT2D eigenvalue weighted by molar-refractivity contribution is -0.133. The second kappa shape index (κ2) is 4.86. The summed E-state index contributed by atoms with van der Waals surface area (Å²) in [6.07, 6.45) is 0. The molecule has 0 aliphatic rings. The number of carboxylic acid groups (broad SMARTS) is 1. The first kappa shape index (κ1) is 10.0. The molecule has 0 aliphatic heterocycles. The fraction of sp³-hybridized carbons (Fsp3) is 0. The lowest BCUT2D eigenvalue weighted by atomic mass is 10.3. The molecule has 1 aromatic carbocycles. The third kappa shape index (κ3) is 3.57. The summed E-state index contributed by atoms with van der Waals surface area (Å²) in [7, 11) is 0. The predicted octanol–water partition coefficient (Wildman–Crippen LogP) is 1.05. The van der Waals surface area contributed by atoms with Crippen molar-refractivity contribution in [2.45, 2.75) is 0 Å². The Morgan fingerprint density at radius 1 is 1.21 bits per heavy atom. The highest BCUT2D eigenvalue weighted by molar-refractivity contribution is 5.92. The molecule has 0 fully saturated rings. The predicted molar refractivity (Wildman–Crippen MR) is 50.5 cm³/mol. The molecule has 2 amide bonds. The Hall–Kier alpha value is -2.04. The van der Waals surface area contributed by atoms with Crippen LogP contribution >= 0.6 is 0 Å². The van der Waals surface area contributed by atoms with Gasteiger partial charge in [-0.3, -0.25) is 0 Å². The van der Waals surface area contributed by atoms with Crippen molar-refractivity contribution in [2.24, 2.45) is 0 Å². The van der Waals surface area contributed by atoms with Gasteiger partial charge in [0.25, 0.3) is 0 Å². The SMILES string of the molecule is O=C(O)[CH]NC(=O)Nc1ccccc1. The number of amides is 2. The monoisotopic (exact) mass is 193 g/mol. The summed E-state index contributed by atoms with van der Waals surface area (Å²) in [6, 6.07) is 8.14. The van der Waals surface area contributed by atoms with E-state index >= 15 is 0 Å². The zero-order valence-corrected chi connectivity index (χ0v) is 7.23. The van der Waals surface area contributed by atoms with Crippen LogP contribution in [0.2, 0.25) is 0 Å². The summed E-state index contributed by atoms with van der Waals surface area (Å²) in [5.74, 6) is -1.20. The van der Waals surface area contributed by atoms with Crippen LogP contribution in [-0.2, 0) is 4.79 Å². The van der Waals surface area contributed by atoms with Crippen LogP contribution in [0.25, 0.3) is 0 Å². The summed E-state index contributed by atoms with van der Waals surface area (Å²) >= 11 is 0. The standard InChI is InChI=1S/C9H9N2O3/c12-8(13)6-10-9(14)11-7-4-2-1-3-5-7/h1-6H,(H,12,13)(H2,10,11,14). The third-order valence-corrected chi connectivity index (χ3v) is 1.36. The lowest BCUT2D eigenvalue weighted by Gasteiger charge is -2.04. The highest BCUT2D eigenvalue weighted by atomic mass is 16.4. The number of hydrogen-bond donors (Lipinski definition) is 3. The number of carbonyl (C=O) groups is 2. The summed E-state index contributed by atoms with van der Waals surface area (Å²) in [4.78, 5) is 21.1. The number of nitrogens with one attached hydrogen (secondary N) is 2. The minimum absolute atomic E-state index is 0.585. The zero-order chi connectivity index (χ0) is 10.4. The van der Waals surface area contributed by atoms with E-state index in [2.05, 4.69) is 10.6 Å². The Morgan fingerprint density at radius 2 is 1.86 bits per heavy atom. The molecule has 0 unspecified atom stereocenters. The van der Waals surface area contributed by atoms with E-state index in [-0.39, 0.29) is 0 Å². The minimum Gasteiger partial charge on any atom is -0.480 e. The van der Waals surface area contributed by atoms with E-state index in [0.717, 1.165) is 0 Å². The first-order chi connectivity index (χ1) is 6.68. The van der Waals surface area contributed by atoms with Gasteiger partial charge < -0.3 is 15.7 Å². The van der Waals surface area contributed by atoms with Gasteiger partial charge in [0.15, 0.2) is 6.54 Å². The molecule has 73 valence electrons. The van der Waals surface area contributed by atoms with Crippen LogP contribution in [0, 0.1) is 6.54 Å². The molecule has 0 bridgehead atoms. The third-order valence-electron chi connectivity index (χ3n) is 1.36. The zero-order valence-electron chi connectivity index (χ0n) is 7.23. The normalized spacial score (nSPS) is 9.14. The van der Waals surface area contributed by atoms with Gasteiger partial charge in [0.1, 0.15) is 0 Å². The Kier molecular flexibility index (Phi) is 3.49. The number of para-hydroxylation sites is 1. The average Bonchev–Trinajstić information content (AvgIpc) is 2.16. The van der Waals surface area contributed by atoms with Gasteiger partial charge in [-0.2, -0.15) is 0 Å². The van der Waals surface area contributed by atoms with Crippen molar-refractivity contribution < 1.29 is 14.7 Å². The smallest absolute Gasteiger partial charge is 0.329 e. The van der Waals surface area contributed by atoms with Crippen molar-refractivity contribution in [1.29, 1.82) is 0 Å². The Bertz CT molecular complexity index is 324. The molecule has 1 aromatic rings. The van der Waals surface area contributed by atoms with Crippen LogP contribution in [0.15, 0.2) is 30.3 Å². The Morgan fingerprint density at radius 3 is 2.43 bits per heavy atom. The molecular weight excluding hydrogens is 184 g/mol. The summed E-state index contributed by atoms with van der Waals surface area (Å²) < 4.78 is 0. The number of hydrogen-bond acceptors (Lipinski definition) is 2. The van der Waals surface area contributed by atoms with Crippen molar-refractivity contribution in [3.8, 4) is 0 Å². The van der Waals surface area contributed by atoms with Crippen LogP contribution in [-0.4, -0.2) is 17.1 Å². The maximum absolute atomic E-state index is 11.0. The van der Waals surface area contributed by atoms with Crippen LogP contribution in [0.3, 0.4) is 0 Å². The van der Waals surface area contributed by atoms with Crippen molar-refractivity contribution >= 4 is 17.7 Å². The van der Waals surface area contributed by atoms with E-state index in [1.807, 2.05) is 6.07 Å². The van der Waals surface area contributed by atoms with Gasteiger partial charge in [-0.25, -0.2) is 9.59 Å². The molecule has 5 heteroatoms. The van der Waals surface area contributed by atoms with Crippen molar-refractivity contribution in [3.63, 3.8) is 0 Å². The molecule has 0 saturated heterocycles. The maximum atomic E-state index is 11.0. The van der Waals surface area contributed by atoms with E-state index in [0.29, 0.717) is 12.2 Å². The second-order valence-corrected chi connectivity index (χ2v) is 2.45. The highest BCUT2D eigenvalue weighted by Gasteiger charge is 2.03. The van der Waals surface area contributed by atoms with Crippen molar-refractivity contribution in [1.82, 2.24) is 5.32 Å². The van der Waals surface area contributed by atoms with Gasteiger partial charge >= 0.3 is 12.0 Å². The molecule has 1 radical (unpaired) electrons. The van der Waals surface area contributed by atoms with Crippen LogP contribution in [0.5, 0.6) is 0 Å². The molecule has 14 heavy (non-hydrogen) atoms. The molecule has 0 spiro atoms. The summed E-state index contributed by atoms with van der Waals surface area (Å²) in [5.41, 5.74) is 0.601. The average molecular weight is 193 g/mol. The largest absolute Gasteiger partial charge is 0.480 e. The van der Waals surface area contributed by atoms with E-state index in [1.165, 1.54) is 0 Å². The van der Waals surface area contributed by atoms with Crippen LogP contribution < -0.4 is 10.6 Å². The molecule has 0 saturated carbocycles. The van der Waals surface area contributed by atoms with Crippen LogP contribution in [0.4, 0.5) is 10.5 Å². The van der Waals surface area contributed by atoms with E-state index in [1.54, 1.807) is 24.3 Å². The van der Waals surface area contributed by atoms with Gasteiger partial charge in [0, 0.05) is 5.69 Å². The van der Waals surface area contributed by atoms with E-state index < -0.39 is 12.0 Å². The Labute approximate surface area is 80.7 Å². The number of rotatable bonds is 3. The molecule has 0 atom stereocenters. The highest BCUT2D eigenvalue weighted by Crippen LogP contribution is 2.03. The number of urea groups is 1. The topological polar surface area (TPSA) is 78.4 Å². The van der Waals surface area contributed by atoms with Gasteiger partial charge in [-0.15, -0.1) is 0 Å². The van der Waals surface area contributed by atoms with Gasteiger partial charge in [0.05, 0.1) is 0 Å². The molecule has 1 rings (SSSR count). The molecule has 5 nitrogen and oxygen atoms in total. The maximum Gasteiger partial charge on any atom is 0.329 e. The molecule has 0 aliphatic carbocycles. The first-order valence-electron chi connectivity index (χ1n) is 3.87. The number of aliphatic carboxylic acids is 1. The van der Waals surface area contributed by atoms with Crippen LogP contribution in [0.1, 0.15) is 0 Å². The minimum atomic E-state index is -1.20. The lowest BCUT2D eigenvalue weighted by Crippen LogP contribution is -2.29. The molecule has 0 aromatic heterocycles. The van der Waals surface area contributed by atoms with E-state index in [4.69, 9.17) is 5.11 Å². The quantitative estimate of drug-likeness (QED) is 0.671. The summed E-state index contributed by atoms with van der Waals surface area (Å²) in [6.45, 7) is 0.665. The first-order valence-corrected chi connectivity index (χ1v) is 3.87. The fourth-order valence-corrected chi connectivity index (χ4v) is 0.816. The second-order valence-electron chi connectivity index (χ2n) is 2.45. The fourth-order valence-electron chi connectivity index (χ4n) is 0.816. The molecule has 3 N–H and O–H groups in total. The van der Waals surface area contributed by atoms with Crippen molar-refractivity contribution in [2.75, 3.05) is 5.32 Å². The number of carboxylic acids is 1. The van der Waals surface area contributed by atoms with E-state index in [9.17, 15) is 9.59 Å². The summed E-state index contributed by atoms with van der Waals surface area (Å²) in [5, 5.41) is 12.7. The molecule has 0 heterocycles. The number of anilines is 1. The Balaban J connectivity index is 2.38. The number of carbonyl (C=O) groups excluding carboxylic acids is 1. The number of benzene rings is 1. The van der Waals surface area contributed by atoms with Crippen molar-refractivity contribution in [3.05, 3.63) is 36.9 Å². The van der Waals surface area contributed by atoms with Gasteiger partial charge in [0.2, 0.25) is 0 Å². The van der Waals surface area contributed by atoms with Gasteiger partial charge in [-0.05, 0) is 12.1 Å². The van der Waals surface area contributed by atoms with Gasteiger partial charge in [-0.1, -0.05) is 18.2 Å².